The Labute approximate surface area is 160 Å². The Hall–Kier alpha value is -2.32. The van der Waals surface area contributed by atoms with Crippen molar-refractivity contribution in [1.82, 2.24) is 9.97 Å². The van der Waals surface area contributed by atoms with Crippen molar-refractivity contribution in [2.24, 2.45) is 0 Å². The number of thioether (sulfide) groups is 1. The smallest absolute Gasteiger partial charge is 0.230 e. The Morgan fingerprint density at radius 2 is 2.08 bits per heavy atom. The van der Waals surface area contributed by atoms with Gasteiger partial charge in [0.1, 0.15) is 11.5 Å². The number of amides is 1. The predicted molar refractivity (Wildman–Crippen MR) is 103 cm³/mol. The fourth-order valence-corrected chi connectivity index (χ4v) is 3.93. The summed E-state index contributed by atoms with van der Waals surface area (Å²) in [5.74, 6) is 2.90. The molecule has 3 aromatic rings. The Bertz CT molecular complexity index is 859. The fraction of sp³-hybridized carbons (Fsp3) is 0.278. The summed E-state index contributed by atoms with van der Waals surface area (Å²) in [4.78, 5) is 20.6. The van der Waals surface area contributed by atoms with Gasteiger partial charge >= 0.3 is 0 Å². The van der Waals surface area contributed by atoms with Gasteiger partial charge in [0.2, 0.25) is 11.8 Å². The standard InChI is InChI=1S/C18H19N3O3S2/c1-3-13-9-19-16(24-13)11-25-17-10-20-18(26-17)21-15(22)8-12-4-6-14(23-2)7-5-12/h4-7,9-10H,3,8,11H2,1-2H3,(H,20,21,22). The van der Waals surface area contributed by atoms with Crippen molar-refractivity contribution in [2.75, 3.05) is 12.4 Å². The minimum Gasteiger partial charge on any atom is -0.497 e. The van der Waals surface area contributed by atoms with Crippen molar-refractivity contribution in [3.63, 3.8) is 0 Å². The first-order valence-corrected chi connectivity index (χ1v) is 9.91. The minimum atomic E-state index is -0.0960. The molecule has 1 aromatic carbocycles. The van der Waals surface area contributed by atoms with Gasteiger partial charge in [-0.15, -0.1) is 11.8 Å². The molecule has 0 saturated carbocycles. The second-order valence-electron chi connectivity index (χ2n) is 5.42. The van der Waals surface area contributed by atoms with Crippen molar-refractivity contribution in [3.8, 4) is 5.75 Å². The lowest BCUT2D eigenvalue weighted by molar-refractivity contribution is -0.115. The molecule has 3 rings (SSSR count). The second-order valence-corrected chi connectivity index (χ2v) is 7.73. The van der Waals surface area contributed by atoms with Gasteiger partial charge in [-0.25, -0.2) is 9.97 Å². The van der Waals surface area contributed by atoms with E-state index >= 15 is 0 Å². The SMILES string of the molecule is CCc1cnc(CSc2cnc(NC(=O)Cc3ccc(OC)cc3)s2)o1. The summed E-state index contributed by atoms with van der Waals surface area (Å²) >= 11 is 3.03. The Kier molecular flexibility index (Phi) is 6.30. The van der Waals surface area contributed by atoms with E-state index in [1.54, 1.807) is 31.3 Å². The summed E-state index contributed by atoms with van der Waals surface area (Å²) in [6, 6.07) is 7.44. The predicted octanol–water partition coefficient (Wildman–Crippen LogP) is 4.18. The van der Waals surface area contributed by atoms with Gasteiger partial charge in [0.15, 0.2) is 5.13 Å². The van der Waals surface area contributed by atoms with E-state index in [2.05, 4.69) is 15.3 Å². The van der Waals surface area contributed by atoms with Gasteiger partial charge in [-0.3, -0.25) is 4.79 Å². The lowest BCUT2D eigenvalue weighted by Gasteiger charge is -2.03. The van der Waals surface area contributed by atoms with E-state index in [1.807, 2.05) is 31.2 Å². The van der Waals surface area contributed by atoms with Crippen LogP contribution in [0.5, 0.6) is 5.75 Å². The fourth-order valence-electron chi connectivity index (χ4n) is 2.19. The molecule has 0 spiro atoms. The highest BCUT2D eigenvalue weighted by Crippen LogP contribution is 2.30. The summed E-state index contributed by atoms with van der Waals surface area (Å²) < 4.78 is 11.7. The van der Waals surface area contributed by atoms with Crippen LogP contribution in [0.1, 0.15) is 24.1 Å². The zero-order valence-electron chi connectivity index (χ0n) is 14.5. The number of oxazole rings is 1. The third kappa shape index (κ3) is 5.09. The molecule has 1 N–H and O–H groups in total. The number of hydrogen-bond acceptors (Lipinski definition) is 7. The zero-order valence-corrected chi connectivity index (χ0v) is 16.2. The number of carbonyl (C=O) groups is 1. The van der Waals surface area contributed by atoms with Crippen LogP contribution >= 0.6 is 23.1 Å². The molecule has 0 fully saturated rings. The molecule has 6 nitrogen and oxygen atoms in total. The average Bonchev–Trinajstić information content (AvgIpc) is 3.29. The van der Waals surface area contributed by atoms with Crippen LogP contribution in [0.4, 0.5) is 5.13 Å². The number of methoxy groups -OCH3 is 1. The number of benzene rings is 1. The van der Waals surface area contributed by atoms with Gasteiger partial charge in [0.05, 0.1) is 35.9 Å². The second kappa shape index (κ2) is 8.86. The molecule has 0 bridgehead atoms. The number of hydrogen-bond donors (Lipinski definition) is 1. The van der Waals surface area contributed by atoms with Crippen LogP contribution in [0.25, 0.3) is 0 Å². The van der Waals surface area contributed by atoms with Crippen molar-refractivity contribution in [2.45, 2.75) is 29.7 Å². The van der Waals surface area contributed by atoms with Crippen molar-refractivity contribution in [1.29, 1.82) is 0 Å². The molecule has 0 aliphatic rings. The number of thiazole rings is 1. The normalized spacial score (nSPS) is 10.7. The summed E-state index contributed by atoms with van der Waals surface area (Å²) in [5, 5.41) is 3.43. The average molecular weight is 390 g/mol. The summed E-state index contributed by atoms with van der Waals surface area (Å²) in [6.07, 6.45) is 4.64. The van der Waals surface area contributed by atoms with Crippen LogP contribution in [-0.2, 0) is 23.4 Å². The van der Waals surface area contributed by atoms with Crippen LogP contribution in [0.15, 0.2) is 45.3 Å². The molecular weight excluding hydrogens is 370 g/mol. The molecule has 2 heterocycles. The number of nitrogens with zero attached hydrogens (tertiary/aromatic N) is 2. The molecule has 0 saturated heterocycles. The van der Waals surface area contributed by atoms with Crippen LogP contribution in [0.3, 0.4) is 0 Å². The number of ether oxygens (including phenoxy) is 1. The molecule has 2 aromatic heterocycles. The zero-order chi connectivity index (χ0) is 18.4. The maximum Gasteiger partial charge on any atom is 0.230 e. The van der Waals surface area contributed by atoms with Crippen LogP contribution in [0.2, 0.25) is 0 Å². The van der Waals surface area contributed by atoms with E-state index in [-0.39, 0.29) is 5.91 Å². The molecule has 0 atom stereocenters. The highest BCUT2D eigenvalue weighted by atomic mass is 32.2. The minimum absolute atomic E-state index is 0.0960. The van der Waals surface area contributed by atoms with Crippen LogP contribution in [-0.4, -0.2) is 23.0 Å². The molecule has 0 aliphatic heterocycles. The summed E-state index contributed by atoms with van der Waals surface area (Å²) in [6.45, 7) is 2.03. The Morgan fingerprint density at radius 3 is 2.77 bits per heavy atom. The monoisotopic (exact) mass is 389 g/mol. The first-order valence-electron chi connectivity index (χ1n) is 8.11. The Morgan fingerprint density at radius 1 is 1.27 bits per heavy atom. The van der Waals surface area contributed by atoms with E-state index in [0.29, 0.717) is 23.2 Å². The molecule has 26 heavy (non-hydrogen) atoms. The number of rotatable bonds is 8. The van der Waals surface area contributed by atoms with Gasteiger partial charge < -0.3 is 14.5 Å². The highest BCUT2D eigenvalue weighted by molar-refractivity contribution is 8.00. The van der Waals surface area contributed by atoms with Crippen LogP contribution < -0.4 is 10.1 Å². The lowest BCUT2D eigenvalue weighted by Crippen LogP contribution is -2.14. The van der Waals surface area contributed by atoms with E-state index in [0.717, 1.165) is 27.7 Å². The number of aromatic nitrogens is 2. The number of aryl methyl sites for hydroxylation is 1. The van der Waals surface area contributed by atoms with Crippen molar-refractivity contribution < 1.29 is 13.9 Å². The number of nitrogens with one attached hydrogen (secondary N) is 1. The number of carbonyl (C=O) groups excluding carboxylic acids is 1. The van der Waals surface area contributed by atoms with E-state index < -0.39 is 0 Å². The third-order valence-electron chi connectivity index (χ3n) is 3.54. The molecule has 1 amide bonds. The van der Waals surface area contributed by atoms with Crippen molar-refractivity contribution >= 4 is 34.1 Å². The molecule has 0 radical (unpaired) electrons. The van der Waals surface area contributed by atoms with Gasteiger partial charge in [0, 0.05) is 6.42 Å². The van der Waals surface area contributed by atoms with Gasteiger partial charge in [-0.2, -0.15) is 0 Å². The summed E-state index contributed by atoms with van der Waals surface area (Å²) in [7, 11) is 1.62. The van der Waals surface area contributed by atoms with Crippen LogP contribution in [0, 0.1) is 0 Å². The third-order valence-corrected chi connectivity index (χ3v) is 5.63. The van der Waals surface area contributed by atoms with E-state index in [9.17, 15) is 4.79 Å². The lowest BCUT2D eigenvalue weighted by atomic mass is 10.1. The maximum atomic E-state index is 12.2. The molecule has 136 valence electrons. The molecule has 0 aliphatic carbocycles. The Balaban J connectivity index is 1.49. The first-order chi connectivity index (χ1) is 12.7. The molecule has 0 unspecified atom stereocenters. The quantitative estimate of drug-likeness (QED) is 0.583. The maximum absolute atomic E-state index is 12.2. The summed E-state index contributed by atoms with van der Waals surface area (Å²) in [5.41, 5.74) is 0.921. The largest absolute Gasteiger partial charge is 0.497 e. The van der Waals surface area contributed by atoms with Gasteiger partial charge in [-0.05, 0) is 17.7 Å². The molecule has 8 heteroatoms. The van der Waals surface area contributed by atoms with Crippen molar-refractivity contribution in [3.05, 3.63) is 53.9 Å². The van der Waals surface area contributed by atoms with Gasteiger partial charge in [0.25, 0.3) is 0 Å². The molecular formula is C18H19N3O3S2. The first kappa shape index (κ1) is 18.5. The van der Waals surface area contributed by atoms with E-state index in [1.165, 1.54) is 11.3 Å². The topological polar surface area (TPSA) is 77.2 Å². The van der Waals surface area contributed by atoms with Gasteiger partial charge in [-0.1, -0.05) is 30.4 Å². The number of anilines is 1. The van der Waals surface area contributed by atoms with E-state index in [4.69, 9.17) is 9.15 Å². The highest BCUT2D eigenvalue weighted by Gasteiger charge is 2.10.